The first-order valence-electron chi connectivity index (χ1n) is 10.9. The fourth-order valence-corrected chi connectivity index (χ4v) is 3.41. The number of nitrogens with one attached hydrogen (secondary N) is 2. The minimum atomic E-state index is -0.738. The molecule has 0 spiro atoms. The highest BCUT2D eigenvalue weighted by atomic mass is 16.3. The summed E-state index contributed by atoms with van der Waals surface area (Å²) in [6, 6.07) is 15.6. The summed E-state index contributed by atoms with van der Waals surface area (Å²) in [5, 5.41) is 14.9. The predicted molar refractivity (Wildman–Crippen MR) is 124 cm³/mol. The summed E-state index contributed by atoms with van der Waals surface area (Å²) >= 11 is 0. The second-order valence-electron chi connectivity index (χ2n) is 8.31. The number of ketones is 1. The molecule has 0 saturated carbocycles. The van der Waals surface area contributed by atoms with E-state index in [1.54, 1.807) is 24.3 Å². The lowest BCUT2D eigenvalue weighted by atomic mass is 9.95. The molecule has 2 rings (SSSR count). The van der Waals surface area contributed by atoms with E-state index in [-0.39, 0.29) is 30.1 Å². The number of amides is 2. The number of benzene rings is 2. The van der Waals surface area contributed by atoms with Crippen LogP contribution in [0.15, 0.2) is 54.6 Å². The highest BCUT2D eigenvalue weighted by Gasteiger charge is 2.25. The van der Waals surface area contributed by atoms with Crippen LogP contribution in [0.25, 0.3) is 0 Å². The summed E-state index contributed by atoms with van der Waals surface area (Å²) < 4.78 is 0. The number of hydrogen-bond donors (Lipinski definition) is 4. The molecular formula is C25H33N3O4. The maximum Gasteiger partial charge on any atom is 0.251 e. The van der Waals surface area contributed by atoms with Gasteiger partial charge in [0.2, 0.25) is 5.91 Å². The Labute approximate surface area is 189 Å². The minimum Gasteiger partial charge on any atom is -0.389 e. The van der Waals surface area contributed by atoms with Crippen molar-refractivity contribution >= 4 is 17.6 Å². The lowest BCUT2D eigenvalue weighted by Gasteiger charge is -2.22. The Kier molecular flexibility index (Phi) is 10.0. The van der Waals surface area contributed by atoms with E-state index < -0.39 is 18.6 Å². The first-order chi connectivity index (χ1) is 15.3. The standard InChI is InChI=1S/C25H33N3O4/c1-17(2)12-22(28-24(31)20-10-8-19(14-26)9-11-20)25(32)27-15-21(23(30)16-29)13-18-6-4-3-5-7-18/h3-11,17,21-22,29H,12-16,26H2,1-2H3,(H,27,32)(H,28,31)/t21-,22-/m0/s1. The normalized spacial score (nSPS) is 12.8. The zero-order valence-electron chi connectivity index (χ0n) is 18.7. The zero-order valence-corrected chi connectivity index (χ0v) is 18.7. The summed E-state index contributed by atoms with van der Waals surface area (Å²) in [5.41, 5.74) is 7.90. The van der Waals surface area contributed by atoms with Gasteiger partial charge in [0.05, 0.1) is 0 Å². The molecule has 0 saturated heterocycles. The molecule has 0 unspecified atom stereocenters. The van der Waals surface area contributed by atoms with Crippen LogP contribution >= 0.6 is 0 Å². The smallest absolute Gasteiger partial charge is 0.251 e. The number of aliphatic hydroxyl groups excluding tert-OH is 1. The first-order valence-corrected chi connectivity index (χ1v) is 10.9. The van der Waals surface area contributed by atoms with Crippen molar-refractivity contribution in [1.82, 2.24) is 10.6 Å². The van der Waals surface area contributed by atoms with Gasteiger partial charge in [-0.15, -0.1) is 0 Å². The van der Waals surface area contributed by atoms with Gasteiger partial charge in [0.25, 0.3) is 5.91 Å². The lowest BCUT2D eigenvalue weighted by Crippen LogP contribution is -2.49. The van der Waals surface area contributed by atoms with Gasteiger partial charge in [0, 0.05) is 24.6 Å². The molecule has 32 heavy (non-hydrogen) atoms. The molecular weight excluding hydrogens is 406 g/mol. The molecule has 2 aromatic carbocycles. The molecule has 5 N–H and O–H groups in total. The van der Waals surface area contributed by atoms with Crippen LogP contribution in [0.3, 0.4) is 0 Å². The van der Waals surface area contributed by atoms with Crippen LogP contribution in [-0.2, 0) is 22.6 Å². The third-order valence-electron chi connectivity index (χ3n) is 5.24. The van der Waals surface area contributed by atoms with E-state index in [2.05, 4.69) is 10.6 Å². The Morgan fingerprint density at radius 1 is 0.969 bits per heavy atom. The number of nitrogens with two attached hydrogens (primary N) is 1. The van der Waals surface area contributed by atoms with Crippen molar-refractivity contribution in [3.8, 4) is 0 Å². The summed E-state index contributed by atoms with van der Waals surface area (Å²) in [6.07, 6.45) is 0.866. The number of hydrogen-bond acceptors (Lipinski definition) is 5. The molecule has 7 heteroatoms. The Morgan fingerprint density at radius 3 is 2.19 bits per heavy atom. The Bertz CT molecular complexity index is 882. The van der Waals surface area contributed by atoms with Crippen LogP contribution in [0.4, 0.5) is 0 Å². The molecule has 2 amide bonds. The van der Waals surface area contributed by atoms with Gasteiger partial charge in [-0.05, 0) is 42.0 Å². The SMILES string of the molecule is CC(C)C[C@H](NC(=O)c1ccc(CN)cc1)C(=O)NC[C@H](Cc1ccccc1)C(=O)CO. The van der Waals surface area contributed by atoms with Gasteiger partial charge < -0.3 is 21.5 Å². The molecule has 0 aliphatic rings. The van der Waals surface area contributed by atoms with Gasteiger partial charge in [-0.2, -0.15) is 0 Å². The Morgan fingerprint density at radius 2 is 1.62 bits per heavy atom. The predicted octanol–water partition coefficient (Wildman–Crippen LogP) is 1.83. The molecule has 7 nitrogen and oxygen atoms in total. The fourth-order valence-electron chi connectivity index (χ4n) is 3.41. The third-order valence-corrected chi connectivity index (χ3v) is 5.24. The summed E-state index contributed by atoms with van der Waals surface area (Å²) in [5.74, 6) is -1.41. The molecule has 172 valence electrons. The Hall–Kier alpha value is -3.03. The van der Waals surface area contributed by atoms with Crippen molar-refractivity contribution in [3.05, 3.63) is 71.3 Å². The molecule has 2 atom stereocenters. The number of carbonyl (C=O) groups excluding carboxylic acids is 3. The Balaban J connectivity index is 2.04. The second-order valence-corrected chi connectivity index (χ2v) is 8.31. The zero-order chi connectivity index (χ0) is 23.5. The van der Waals surface area contributed by atoms with E-state index >= 15 is 0 Å². The van der Waals surface area contributed by atoms with E-state index in [1.165, 1.54) is 0 Å². The van der Waals surface area contributed by atoms with Crippen molar-refractivity contribution in [3.63, 3.8) is 0 Å². The van der Waals surface area contributed by atoms with Crippen LogP contribution in [0.1, 0.15) is 41.8 Å². The van der Waals surface area contributed by atoms with Gasteiger partial charge in [0.1, 0.15) is 12.6 Å². The third kappa shape index (κ3) is 7.90. The van der Waals surface area contributed by atoms with Crippen molar-refractivity contribution in [2.45, 2.75) is 39.3 Å². The number of rotatable bonds is 12. The van der Waals surface area contributed by atoms with E-state index in [9.17, 15) is 19.5 Å². The van der Waals surface area contributed by atoms with Crippen LogP contribution < -0.4 is 16.4 Å². The fraction of sp³-hybridized carbons (Fsp3) is 0.400. The number of Topliss-reactive ketones (excluding diaryl/α,β-unsaturated/α-hetero) is 1. The van der Waals surface area contributed by atoms with Gasteiger partial charge >= 0.3 is 0 Å². The minimum absolute atomic E-state index is 0.0861. The van der Waals surface area contributed by atoms with Gasteiger partial charge in [0.15, 0.2) is 5.78 Å². The topological polar surface area (TPSA) is 122 Å². The van der Waals surface area contributed by atoms with Crippen LogP contribution in [-0.4, -0.2) is 41.9 Å². The highest BCUT2D eigenvalue weighted by molar-refractivity contribution is 5.97. The van der Waals surface area contributed by atoms with Crippen molar-refractivity contribution in [1.29, 1.82) is 0 Å². The molecule has 0 aliphatic carbocycles. The number of aliphatic hydroxyl groups is 1. The van der Waals surface area contributed by atoms with Crippen molar-refractivity contribution < 1.29 is 19.5 Å². The molecule has 0 bridgehead atoms. The maximum absolute atomic E-state index is 12.9. The molecule has 0 aliphatic heterocycles. The van der Waals surface area contributed by atoms with Gasteiger partial charge in [-0.25, -0.2) is 0 Å². The summed E-state index contributed by atoms with van der Waals surface area (Å²) in [7, 11) is 0. The average molecular weight is 440 g/mol. The van der Waals surface area contributed by atoms with E-state index in [0.717, 1.165) is 11.1 Å². The summed E-state index contributed by atoms with van der Waals surface area (Å²) in [6.45, 7) is 3.82. The largest absolute Gasteiger partial charge is 0.389 e. The molecule has 0 aromatic heterocycles. The van der Waals surface area contributed by atoms with Crippen LogP contribution in [0.2, 0.25) is 0 Å². The van der Waals surface area contributed by atoms with Gasteiger partial charge in [-0.1, -0.05) is 56.3 Å². The highest BCUT2D eigenvalue weighted by Crippen LogP contribution is 2.11. The summed E-state index contributed by atoms with van der Waals surface area (Å²) in [4.78, 5) is 37.8. The van der Waals surface area contributed by atoms with E-state index in [0.29, 0.717) is 24.9 Å². The molecule has 2 aromatic rings. The second kappa shape index (κ2) is 12.7. The van der Waals surface area contributed by atoms with E-state index in [4.69, 9.17) is 5.73 Å². The molecule has 0 fully saturated rings. The van der Waals surface area contributed by atoms with Crippen molar-refractivity contribution in [2.24, 2.45) is 17.6 Å². The van der Waals surface area contributed by atoms with Crippen LogP contribution in [0, 0.1) is 11.8 Å². The number of carbonyl (C=O) groups is 3. The monoisotopic (exact) mass is 439 g/mol. The van der Waals surface area contributed by atoms with Crippen molar-refractivity contribution in [2.75, 3.05) is 13.2 Å². The lowest BCUT2D eigenvalue weighted by molar-refractivity contribution is -0.126. The first kappa shape index (κ1) is 25.2. The van der Waals surface area contributed by atoms with Gasteiger partial charge in [-0.3, -0.25) is 14.4 Å². The van der Waals surface area contributed by atoms with Crippen LogP contribution in [0.5, 0.6) is 0 Å². The molecule has 0 radical (unpaired) electrons. The average Bonchev–Trinajstić information content (AvgIpc) is 2.80. The quantitative estimate of drug-likeness (QED) is 0.402. The van der Waals surface area contributed by atoms with E-state index in [1.807, 2.05) is 44.2 Å². The molecule has 0 heterocycles. The maximum atomic E-state index is 12.9.